The second-order valence-electron chi connectivity index (χ2n) is 6.97. The summed E-state index contributed by atoms with van der Waals surface area (Å²) >= 11 is 0. The van der Waals surface area contributed by atoms with Crippen molar-refractivity contribution in [2.75, 3.05) is 6.54 Å². The molecule has 2 bridgehead atoms. The zero-order valence-corrected chi connectivity index (χ0v) is 12.0. The van der Waals surface area contributed by atoms with E-state index in [0.29, 0.717) is 6.04 Å². The fraction of sp³-hybridized carbons (Fsp3) is 1.00. The van der Waals surface area contributed by atoms with Gasteiger partial charge in [-0.1, -0.05) is 27.7 Å². The van der Waals surface area contributed by atoms with Crippen LogP contribution in [0.1, 0.15) is 53.4 Å². The van der Waals surface area contributed by atoms with E-state index in [1.54, 1.807) is 0 Å². The highest BCUT2D eigenvalue weighted by Crippen LogP contribution is 2.37. The first-order valence-corrected chi connectivity index (χ1v) is 7.50. The van der Waals surface area contributed by atoms with E-state index in [1.807, 2.05) is 0 Å². The number of nitrogens with two attached hydrogens (primary N) is 1. The third-order valence-electron chi connectivity index (χ3n) is 5.06. The molecule has 2 aliphatic heterocycles. The predicted octanol–water partition coefficient (Wildman–Crippen LogP) is 2.87. The fourth-order valence-electron chi connectivity index (χ4n) is 4.05. The highest BCUT2D eigenvalue weighted by atomic mass is 15.2. The van der Waals surface area contributed by atoms with E-state index in [4.69, 9.17) is 5.73 Å². The summed E-state index contributed by atoms with van der Waals surface area (Å²) < 4.78 is 0. The lowest BCUT2D eigenvalue weighted by Gasteiger charge is -2.41. The predicted molar refractivity (Wildman–Crippen MR) is 73.9 cm³/mol. The van der Waals surface area contributed by atoms with Gasteiger partial charge in [-0.2, -0.15) is 0 Å². The van der Waals surface area contributed by atoms with Crippen LogP contribution >= 0.6 is 0 Å². The molecule has 2 rings (SSSR count). The van der Waals surface area contributed by atoms with Crippen molar-refractivity contribution in [1.82, 2.24) is 4.90 Å². The molecule has 17 heavy (non-hydrogen) atoms. The van der Waals surface area contributed by atoms with E-state index < -0.39 is 0 Å². The molecule has 0 spiro atoms. The van der Waals surface area contributed by atoms with Gasteiger partial charge >= 0.3 is 0 Å². The van der Waals surface area contributed by atoms with Gasteiger partial charge < -0.3 is 5.73 Å². The van der Waals surface area contributed by atoms with Crippen molar-refractivity contribution < 1.29 is 0 Å². The SMILES string of the molecule is CC(C)C(CN1C2CCC1CC(N)C2)C(C)C. The molecule has 0 saturated carbocycles. The van der Waals surface area contributed by atoms with Crippen LogP contribution in [-0.2, 0) is 0 Å². The van der Waals surface area contributed by atoms with Gasteiger partial charge in [0.15, 0.2) is 0 Å². The first kappa shape index (κ1) is 13.4. The number of fused-ring (bicyclic) bond motifs is 2. The van der Waals surface area contributed by atoms with Crippen LogP contribution in [0.2, 0.25) is 0 Å². The number of rotatable bonds is 4. The first-order chi connectivity index (χ1) is 7.99. The summed E-state index contributed by atoms with van der Waals surface area (Å²) in [4.78, 5) is 2.80. The van der Waals surface area contributed by atoms with Crippen LogP contribution in [0.3, 0.4) is 0 Å². The van der Waals surface area contributed by atoms with Gasteiger partial charge in [-0.25, -0.2) is 0 Å². The maximum atomic E-state index is 6.14. The van der Waals surface area contributed by atoms with Crippen molar-refractivity contribution in [1.29, 1.82) is 0 Å². The Labute approximate surface area is 107 Å². The van der Waals surface area contributed by atoms with E-state index >= 15 is 0 Å². The second kappa shape index (κ2) is 5.27. The molecule has 2 atom stereocenters. The number of hydrogen-bond acceptors (Lipinski definition) is 2. The molecule has 2 aliphatic rings. The summed E-state index contributed by atoms with van der Waals surface area (Å²) in [5, 5.41) is 0. The van der Waals surface area contributed by atoms with Crippen molar-refractivity contribution in [2.45, 2.75) is 71.5 Å². The van der Waals surface area contributed by atoms with Crippen LogP contribution in [0.5, 0.6) is 0 Å². The molecule has 2 fully saturated rings. The average molecular weight is 238 g/mol. The molecule has 0 amide bonds. The van der Waals surface area contributed by atoms with E-state index in [1.165, 1.54) is 32.2 Å². The Kier molecular flexibility index (Phi) is 4.14. The topological polar surface area (TPSA) is 29.3 Å². The molecule has 0 aromatic heterocycles. The molecule has 0 aliphatic carbocycles. The summed E-state index contributed by atoms with van der Waals surface area (Å²) in [6.07, 6.45) is 5.25. The molecule has 100 valence electrons. The zero-order valence-electron chi connectivity index (χ0n) is 12.0. The van der Waals surface area contributed by atoms with Crippen molar-refractivity contribution >= 4 is 0 Å². The van der Waals surface area contributed by atoms with Crippen LogP contribution < -0.4 is 5.73 Å². The monoisotopic (exact) mass is 238 g/mol. The minimum absolute atomic E-state index is 0.472. The van der Waals surface area contributed by atoms with Gasteiger partial charge in [0, 0.05) is 24.7 Å². The summed E-state index contributed by atoms with van der Waals surface area (Å²) in [5.74, 6) is 2.43. The van der Waals surface area contributed by atoms with Crippen LogP contribution in [0.4, 0.5) is 0 Å². The average Bonchev–Trinajstić information content (AvgIpc) is 2.44. The molecule has 2 heterocycles. The highest BCUT2D eigenvalue weighted by Gasteiger charge is 2.40. The Hall–Kier alpha value is -0.0800. The van der Waals surface area contributed by atoms with Crippen molar-refractivity contribution in [2.24, 2.45) is 23.5 Å². The Balaban J connectivity index is 1.99. The maximum absolute atomic E-state index is 6.14. The maximum Gasteiger partial charge on any atom is 0.0114 e. The second-order valence-corrected chi connectivity index (χ2v) is 6.97. The third-order valence-corrected chi connectivity index (χ3v) is 5.06. The summed E-state index contributed by atoms with van der Waals surface area (Å²) in [6, 6.07) is 2.06. The van der Waals surface area contributed by atoms with E-state index in [2.05, 4.69) is 32.6 Å². The van der Waals surface area contributed by atoms with E-state index in [9.17, 15) is 0 Å². The Bertz CT molecular complexity index is 227. The van der Waals surface area contributed by atoms with Crippen LogP contribution in [0, 0.1) is 17.8 Å². The molecule has 0 aromatic carbocycles. The normalized spacial score (nSPS) is 34.2. The molecule has 2 nitrogen and oxygen atoms in total. The molecule has 0 radical (unpaired) electrons. The Morgan fingerprint density at radius 3 is 1.88 bits per heavy atom. The highest BCUT2D eigenvalue weighted by molar-refractivity contribution is 4.97. The zero-order chi connectivity index (χ0) is 12.6. The van der Waals surface area contributed by atoms with Gasteiger partial charge in [0.25, 0.3) is 0 Å². The number of hydrogen-bond donors (Lipinski definition) is 1. The van der Waals surface area contributed by atoms with Crippen molar-refractivity contribution in [3.8, 4) is 0 Å². The molecular weight excluding hydrogens is 208 g/mol. The van der Waals surface area contributed by atoms with Crippen LogP contribution in [0.15, 0.2) is 0 Å². The van der Waals surface area contributed by atoms with Gasteiger partial charge in [-0.3, -0.25) is 4.90 Å². The quantitative estimate of drug-likeness (QED) is 0.816. The van der Waals surface area contributed by atoms with Gasteiger partial charge in [0.1, 0.15) is 0 Å². The summed E-state index contributed by atoms with van der Waals surface area (Å²) in [5.41, 5.74) is 6.14. The molecule has 2 unspecified atom stereocenters. The van der Waals surface area contributed by atoms with Crippen LogP contribution in [0.25, 0.3) is 0 Å². The van der Waals surface area contributed by atoms with Gasteiger partial charge in [-0.15, -0.1) is 0 Å². The smallest absolute Gasteiger partial charge is 0.0114 e. The standard InChI is InChI=1S/C15H30N2/c1-10(2)15(11(3)4)9-17-13-5-6-14(17)8-12(16)7-13/h10-15H,5-9,16H2,1-4H3. The lowest BCUT2D eigenvalue weighted by Crippen LogP contribution is -2.50. The number of nitrogens with zero attached hydrogens (tertiary/aromatic N) is 1. The molecule has 2 N–H and O–H groups in total. The van der Waals surface area contributed by atoms with Gasteiger partial charge in [0.2, 0.25) is 0 Å². The lowest BCUT2D eigenvalue weighted by molar-refractivity contribution is 0.0806. The largest absolute Gasteiger partial charge is 0.328 e. The first-order valence-electron chi connectivity index (χ1n) is 7.50. The summed E-state index contributed by atoms with van der Waals surface area (Å²) in [7, 11) is 0. The van der Waals surface area contributed by atoms with Crippen LogP contribution in [-0.4, -0.2) is 29.6 Å². The third kappa shape index (κ3) is 2.85. The van der Waals surface area contributed by atoms with Gasteiger partial charge in [-0.05, 0) is 43.4 Å². The molecular formula is C15H30N2. The molecule has 0 aromatic rings. The Morgan fingerprint density at radius 2 is 1.47 bits per heavy atom. The van der Waals surface area contributed by atoms with Crippen molar-refractivity contribution in [3.05, 3.63) is 0 Å². The fourth-order valence-corrected chi connectivity index (χ4v) is 4.05. The molecule has 2 saturated heterocycles. The minimum Gasteiger partial charge on any atom is -0.328 e. The lowest BCUT2D eigenvalue weighted by atomic mass is 9.84. The minimum atomic E-state index is 0.472. The van der Waals surface area contributed by atoms with E-state index in [-0.39, 0.29) is 0 Å². The summed E-state index contributed by atoms with van der Waals surface area (Å²) in [6.45, 7) is 10.8. The number of piperidine rings is 1. The van der Waals surface area contributed by atoms with E-state index in [0.717, 1.165) is 29.8 Å². The van der Waals surface area contributed by atoms with Gasteiger partial charge in [0.05, 0.1) is 0 Å². The molecule has 2 heteroatoms. The van der Waals surface area contributed by atoms with Crippen molar-refractivity contribution in [3.63, 3.8) is 0 Å². The Morgan fingerprint density at radius 1 is 1.00 bits per heavy atom.